The number of rotatable bonds is 4. The van der Waals surface area contributed by atoms with Crippen LogP contribution in [-0.4, -0.2) is 35.7 Å². The van der Waals surface area contributed by atoms with Crippen molar-refractivity contribution in [1.82, 2.24) is 10.2 Å². The maximum absolute atomic E-state index is 12.7. The summed E-state index contributed by atoms with van der Waals surface area (Å²) in [7, 11) is 0. The number of piperidine rings is 1. The van der Waals surface area contributed by atoms with Crippen molar-refractivity contribution in [1.29, 1.82) is 0 Å². The van der Waals surface area contributed by atoms with Crippen molar-refractivity contribution in [2.45, 2.75) is 38.5 Å². The maximum atomic E-state index is 12.7. The van der Waals surface area contributed by atoms with E-state index < -0.39 is 5.41 Å². The molecule has 150 valence electrons. The molecule has 2 aromatic carbocycles. The summed E-state index contributed by atoms with van der Waals surface area (Å²) in [6, 6.07) is 19.0. The van der Waals surface area contributed by atoms with Crippen LogP contribution in [0.3, 0.4) is 0 Å². The van der Waals surface area contributed by atoms with Gasteiger partial charge in [0.05, 0.1) is 5.41 Å². The second-order valence-corrected chi connectivity index (χ2v) is 8.43. The number of carbonyl (C=O) groups is 3. The molecule has 2 aliphatic heterocycles. The van der Waals surface area contributed by atoms with Crippen LogP contribution in [0.4, 0.5) is 0 Å². The van der Waals surface area contributed by atoms with Gasteiger partial charge in [-0.1, -0.05) is 54.6 Å². The monoisotopic (exact) mass is 390 g/mol. The van der Waals surface area contributed by atoms with Crippen LogP contribution in [0.25, 0.3) is 11.1 Å². The van der Waals surface area contributed by atoms with Crippen LogP contribution in [0, 0.1) is 5.41 Å². The van der Waals surface area contributed by atoms with Crippen LogP contribution in [0.15, 0.2) is 54.6 Å². The summed E-state index contributed by atoms with van der Waals surface area (Å²) in [6.45, 7) is 3.08. The standard InChI is InChI=1S/C24H26N2O3/c1-24(15-21(27)25-23(24)29)16-22(28)26-13-11-20(12-14-26)19-9-7-18(8-10-19)17-5-3-2-4-6-17/h2-10,20H,11-16H2,1H3,(H,25,27,29). The van der Waals surface area contributed by atoms with Crippen molar-refractivity contribution in [3.63, 3.8) is 0 Å². The van der Waals surface area contributed by atoms with Crippen molar-refractivity contribution < 1.29 is 14.4 Å². The number of hydrogen-bond acceptors (Lipinski definition) is 3. The molecule has 4 rings (SSSR count). The Hall–Kier alpha value is -2.95. The van der Waals surface area contributed by atoms with Crippen molar-refractivity contribution in [2.24, 2.45) is 5.41 Å². The summed E-state index contributed by atoms with van der Waals surface area (Å²) in [5, 5.41) is 2.31. The first-order valence-corrected chi connectivity index (χ1v) is 10.2. The van der Waals surface area contributed by atoms with Crippen LogP contribution < -0.4 is 5.32 Å². The molecule has 2 heterocycles. The van der Waals surface area contributed by atoms with E-state index in [0.29, 0.717) is 19.0 Å². The molecule has 3 amide bonds. The molecule has 1 atom stereocenters. The topological polar surface area (TPSA) is 66.5 Å². The minimum atomic E-state index is -0.904. The Morgan fingerprint density at radius 2 is 1.62 bits per heavy atom. The van der Waals surface area contributed by atoms with Crippen LogP contribution >= 0.6 is 0 Å². The zero-order valence-corrected chi connectivity index (χ0v) is 16.7. The summed E-state index contributed by atoms with van der Waals surface area (Å²) in [4.78, 5) is 38.0. The van der Waals surface area contributed by atoms with Gasteiger partial charge in [0, 0.05) is 25.9 Å². The van der Waals surface area contributed by atoms with Crippen molar-refractivity contribution >= 4 is 17.7 Å². The largest absolute Gasteiger partial charge is 0.343 e. The molecule has 0 saturated carbocycles. The number of nitrogens with zero attached hydrogens (tertiary/aromatic N) is 1. The van der Waals surface area contributed by atoms with E-state index in [9.17, 15) is 14.4 Å². The van der Waals surface area contributed by atoms with E-state index in [0.717, 1.165) is 12.8 Å². The lowest BCUT2D eigenvalue weighted by molar-refractivity contribution is -0.139. The highest BCUT2D eigenvalue weighted by molar-refractivity contribution is 6.07. The summed E-state index contributed by atoms with van der Waals surface area (Å²) >= 11 is 0. The molecule has 0 aliphatic carbocycles. The molecule has 2 aromatic rings. The van der Waals surface area contributed by atoms with Gasteiger partial charge in [-0.15, -0.1) is 0 Å². The fraction of sp³-hybridized carbons (Fsp3) is 0.375. The van der Waals surface area contributed by atoms with E-state index in [-0.39, 0.29) is 30.6 Å². The van der Waals surface area contributed by atoms with Crippen molar-refractivity contribution in [3.05, 3.63) is 60.2 Å². The van der Waals surface area contributed by atoms with Crippen molar-refractivity contribution in [2.75, 3.05) is 13.1 Å². The lowest BCUT2D eigenvalue weighted by atomic mass is 9.83. The van der Waals surface area contributed by atoms with Gasteiger partial charge in [0.15, 0.2) is 0 Å². The number of likely N-dealkylation sites (tertiary alicyclic amines) is 1. The van der Waals surface area contributed by atoms with Crippen LogP contribution in [0.5, 0.6) is 0 Å². The van der Waals surface area contributed by atoms with Crippen LogP contribution in [0.2, 0.25) is 0 Å². The Morgan fingerprint density at radius 1 is 1.00 bits per heavy atom. The number of carbonyl (C=O) groups excluding carboxylic acids is 3. The predicted octanol–water partition coefficient (Wildman–Crippen LogP) is 3.50. The van der Waals surface area contributed by atoms with E-state index >= 15 is 0 Å². The smallest absolute Gasteiger partial charge is 0.233 e. The Bertz CT molecular complexity index is 915. The molecular weight excluding hydrogens is 364 g/mol. The quantitative estimate of drug-likeness (QED) is 0.813. The Balaban J connectivity index is 1.34. The molecule has 1 unspecified atom stereocenters. The number of amides is 3. The first kappa shape index (κ1) is 19.4. The highest BCUT2D eigenvalue weighted by Crippen LogP contribution is 2.34. The fourth-order valence-electron chi connectivity index (χ4n) is 4.39. The molecule has 5 nitrogen and oxygen atoms in total. The number of imide groups is 1. The van der Waals surface area contributed by atoms with Crippen molar-refractivity contribution in [3.8, 4) is 11.1 Å². The molecule has 1 N–H and O–H groups in total. The molecule has 29 heavy (non-hydrogen) atoms. The van der Waals surface area contributed by atoms with Gasteiger partial charge in [-0.3, -0.25) is 19.7 Å². The molecule has 2 fully saturated rings. The van der Waals surface area contributed by atoms with Gasteiger partial charge in [0.1, 0.15) is 0 Å². The third-order valence-corrected chi connectivity index (χ3v) is 6.23. The van der Waals surface area contributed by atoms with Gasteiger partial charge >= 0.3 is 0 Å². The number of nitrogens with one attached hydrogen (secondary N) is 1. The third kappa shape index (κ3) is 4.09. The van der Waals surface area contributed by atoms with E-state index in [4.69, 9.17) is 0 Å². The molecule has 0 aromatic heterocycles. The maximum Gasteiger partial charge on any atom is 0.233 e. The Kier molecular flexibility index (Phi) is 5.22. The first-order valence-electron chi connectivity index (χ1n) is 10.2. The molecule has 2 aliphatic rings. The van der Waals surface area contributed by atoms with E-state index in [1.165, 1.54) is 16.7 Å². The minimum absolute atomic E-state index is 0.0322. The minimum Gasteiger partial charge on any atom is -0.343 e. The fourth-order valence-corrected chi connectivity index (χ4v) is 4.39. The van der Waals surface area contributed by atoms with E-state index in [1.54, 1.807) is 6.92 Å². The van der Waals surface area contributed by atoms with Gasteiger partial charge in [-0.2, -0.15) is 0 Å². The van der Waals surface area contributed by atoms with E-state index in [1.807, 2.05) is 23.1 Å². The first-order chi connectivity index (χ1) is 13.9. The Morgan fingerprint density at radius 3 is 2.21 bits per heavy atom. The molecule has 2 saturated heterocycles. The predicted molar refractivity (Wildman–Crippen MR) is 111 cm³/mol. The summed E-state index contributed by atoms with van der Waals surface area (Å²) in [5.74, 6) is -0.210. The van der Waals surface area contributed by atoms with Crippen LogP contribution in [-0.2, 0) is 14.4 Å². The molecule has 0 spiro atoms. The average molecular weight is 390 g/mol. The Labute approximate surface area is 171 Å². The SMILES string of the molecule is CC1(CC(=O)N2CCC(c3ccc(-c4ccccc4)cc3)CC2)CC(=O)NC1=O. The highest BCUT2D eigenvalue weighted by atomic mass is 16.2. The summed E-state index contributed by atoms with van der Waals surface area (Å²) in [5.41, 5.74) is 2.82. The molecule has 5 heteroatoms. The lowest BCUT2D eigenvalue weighted by Gasteiger charge is -2.34. The van der Waals surface area contributed by atoms with Gasteiger partial charge in [0.2, 0.25) is 17.7 Å². The normalized spacial score (nSPS) is 22.6. The van der Waals surface area contributed by atoms with Crippen LogP contribution in [0.1, 0.15) is 44.1 Å². The number of benzene rings is 2. The zero-order valence-electron chi connectivity index (χ0n) is 16.7. The van der Waals surface area contributed by atoms with Gasteiger partial charge in [-0.05, 0) is 42.4 Å². The second kappa shape index (κ2) is 7.82. The summed E-state index contributed by atoms with van der Waals surface area (Å²) < 4.78 is 0. The van der Waals surface area contributed by atoms with Gasteiger partial charge < -0.3 is 4.90 Å². The van der Waals surface area contributed by atoms with Gasteiger partial charge in [0.25, 0.3) is 0 Å². The zero-order chi connectivity index (χ0) is 20.4. The molecule has 0 radical (unpaired) electrons. The number of hydrogen-bond donors (Lipinski definition) is 1. The third-order valence-electron chi connectivity index (χ3n) is 6.23. The second-order valence-electron chi connectivity index (χ2n) is 8.43. The molecule has 0 bridgehead atoms. The lowest BCUT2D eigenvalue weighted by Crippen LogP contribution is -2.41. The highest BCUT2D eigenvalue weighted by Gasteiger charge is 2.44. The summed E-state index contributed by atoms with van der Waals surface area (Å²) in [6.07, 6.45) is 2.03. The molecular formula is C24H26N2O3. The van der Waals surface area contributed by atoms with Gasteiger partial charge in [-0.25, -0.2) is 0 Å². The van der Waals surface area contributed by atoms with E-state index in [2.05, 4.69) is 41.7 Å². The average Bonchev–Trinajstić information content (AvgIpc) is 2.99.